The van der Waals surface area contributed by atoms with Crippen molar-refractivity contribution in [1.29, 1.82) is 0 Å². The summed E-state index contributed by atoms with van der Waals surface area (Å²) in [5.41, 5.74) is 6.30. The van der Waals surface area contributed by atoms with Gasteiger partial charge in [-0.25, -0.2) is 0 Å². The zero-order valence-corrected chi connectivity index (χ0v) is 15.5. The van der Waals surface area contributed by atoms with Crippen molar-refractivity contribution in [2.75, 3.05) is 20.1 Å². The predicted octanol–water partition coefficient (Wildman–Crippen LogP) is 1.10. The van der Waals surface area contributed by atoms with Gasteiger partial charge in [-0.3, -0.25) is 19.7 Å². The van der Waals surface area contributed by atoms with Gasteiger partial charge in [-0.1, -0.05) is 6.07 Å². The Kier molecular flexibility index (Phi) is 6.43. The van der Waals surface area contributed by atoms with E-state index in [9.17, 15) is 4.79 Å². The van der Waals surface area contributed by atoms with Crippen LogP contribution < -0.4 is 16.4 Å². The number of guanidine groups is 1. The molecule has 1 aliphatic heterocycles. The van der Waals surface area contributed by atoms with Gasteiger partial charge >= 0.3 is 0 Å². The number of hydrogen-bond donors (Lipinski definition) is 3. The van der Waals surface area contributed by atoms with E-state index in [2.05, 4.69) is 31.6 Å². The summed E-state index contributed by atoms with van der Waals surface area (Å²) in [5.74, 6) is 0.948. The number of furan rings is 1. The first-order chi connectivity index (χ1) is 13.1. The van der Waals surface area contributed by atoms with Gasteiger partial charge in [0.1, 0.15) is 5.76 Å². The lowest BCUT2D eigenvalue weighted by molar-refractivity contribution is 0.0972. The van der Waals surface area contributed by atoms with Gasteiger partial charge in [0.05, 0.1) is 12.2 Å². The molecule has 27 heavy (non-hydrogen) atoms. The third-order valence-electron chi connectivity index (χ3n) is 4.60. The summed E-state index contributed by atoms with van der Waals surface area (Å²) >= 11 is 0. The van der Waals surface area contributed by atoms with E-state index in [4.69, 9.17) is 10.2 Å². The highest BCUT2D eigenvalue weighted by atomic mass is 16.3. The first kappa shape index (κ1) is 18.9. The summed E-state index contributed by atoms with van der Waals surface area (Å²) in [5, 5.41) is 6.66. The van der Waals surface area contributed by atoms with Crippen LogP contribution in [-0.2, 0) is 13.1 Å². The van der Waals surface area contributed by atoms with Crippen LogP contribution in [0.2, 0.25) is 0 Å². The third kappa shape index (κ3) is 5.55. The minimum absolute atomic E-state index is 0.162. The van der Waals surface area contributed by atoms with Crippen molar-refractivity contribution in [1.82, 2.24) is 20.5 Å². The molecule has 1 amide bonds. The number of nitrogens with one attached hydrogen (secondary N) is 2. The number of primary amides is 1. The van der Waals surface area contributed by atoms with E-state index < -0.39 is 5.91 Å². The molecule has 0 aliphatic carbocycles. The van der Waals surface area contributed by atoms with E-state index in [1.807, 2.05) is 18.3 Å². The maximum absolute atomic E-state index is 11.1. The van der Waals surface area contributed by atoms with E-state index in [1.165, 1.54) is 0 Å². The lowest BCUT2D eigenvalue weighted by atomic mass is 10.0. The van der Waals surface area contributed by atoms with Crippen molar-refractivity contribution in [2.24, 2.45) is 10.7 Å². The normalized spacial score (nSPS) is 16.3. The molecule has 4 N–H and O–H groups in total. The molecule has 0 radical (unpaired) electrons. The largest absolute Gasteiger partial charge is 0.454 e. The smallest absolute Gasteiger partial charge is 0.284 e. The molecule has 0 saturated carbocycles. The van der Waals surface area contributed by atoms with Gasteiger partial charge in [0.2, 0.25) is 0 Å². The first-order valence-electron chi connectivity index (χ1n) is 9.12. The van der Waals surface area contributed by atoms with Crippen molar-refractivity contribution in [3.05, 3.63) is 53.7 Å². The predicted molar refractivity (Wildman–Crippen MR) is 103 cm³/mol. The number of aromatic nitrogens is 1. The monoisotopic (exact) mass is 370 g/mol. The Morgan fingerprint density at radius 2 is 2.15 bits per heavy atom. The Hall–Kier alpha value is -2.87. The molecule has 0 unspecified atom stereocenters. The van der Waals surface area contributed by atoms with Crippen molar-refractivity contribution >= 4 is 11.9 Å². The number of carbonyl (C=O) groups is 1. The van der Waals surface area contributed by atoms with Crippen LogP contribution in [0.5, 0.6) is 0 Å². The van der Waals surface area contributed by atoms with Crippen LogP contribution in [0.1, 0.15) is 34.9 Å². The van der Waals surface area contributed by atoms with Crippen LogP contribution in [0.25, 0.3) is 0 Å². The highest BCUT2D eigenvalue weighted by Crippen LogP contribution is 2.13. The number of amides is 1. The number of nitrogens with zero attached hydrogens (tertiary/aromatic N) is 3. The molecule has 0 aromatic carbocycles. The Bertz CT molecular complexity index is 766. The van der Waals surface area contributed by atoms with Gasteiger partial charge in [0, 0.05) is 38.9 Å². The maximum Gasteiger partial charge on any atom is 0.284 e. The molecule has 0 bridgehead atoms. The van der Waals surface area contributed by atoms with Gasteiger partial charge < -0.3 is 20.8 Å². The summed E-state index contributed by atoms with van der Waals surface area (Å²) < 4.78 is 5.37. The summed E-state index contributed by atoms with van der Waals surface area (Å²) in [4.78, 5) is 22.2. The Balaban J connectivity index is 1.42. The minimum atomic E-state index is -0.568. The highest BCUT2D eigenvalue weighted by molar-refractivity contribution is 5.89. The van der Waals surface area contributed by atoms with Crippen molar-refractivity contribution in [3.63, 3.8) is 0 Å². The second-order valence-corrected chi connectivity index (χ2v) is 6.57. The second-order valence-electron chi connectivity index (χ2n) is 6.57. The topological polar surface area (TPSA) is 109 Å². The molecule has 0 atom stereocenters. The number of piperidine rings is 1. The minimum Gasteiger partial charge on any atom is -0.454 e. The van der Waals surface area contributed by atoms with E-state index in [0.29, 0.717) is 18.3 Å². The molecule has 1 fully saturated rings. The van der Waals surface area contributed by atoms with E-state index >= 15 is 0 Å². The van der Waals surface area contributed by atoms with Crippen LogP contribution in [0.15, 0.2) is 45.9 Å². The van der Waals surface area contributed by atoms with Gasteiger partial charge in [-0.2, -0.15) is 0 Å². The summed E-state index contributed by atoms with van der Waals surface area (Å²) in [7, 11) is 1.74. The Morgan fingerprint density at radius 1 is 1.33 bits per heavy atom. The van der Waals surface area contributed by atoms with Crippen LogP contribution in [0, 0.1) is 0 Å². The highest BCUT2D eigenvalue weighted by Gasteiger charge is 2.20. The fraction of sp³-hybridized carbons (Fsp3) is 0.421. The van der Waals surface area contributed by atoms with Gasteiger partial charge in [-0.05, 0) is 37.1 Å². The molecule has 2 aromatic heterocycles. The summed E-state index contributed by atoms with van der Waals surface area (Å²) in [6.45, 7) is 3.36. The standard InChI is InChI=1S/C19H26N6O2/c1-21-19(23-12-16-5-6-17(27-16)18(20)26)24-14-7-10-25(11-8-14)13-15-4-2-3-9-22-15/h2-6,9,14H,7-8,10-13H2,1H3,(H2,20,26)(H2,21,23,24). The second kappa shape index (κ2) is 9.18. The summed E-state index contributed by atoms with van der Waals surface area (Å²) in [6.07, 6.45) is 3.92. The zero-order chi connectivity index (χ0) is 19.1. The molecular weight excluding hydrogens is 344 g/mol. The van der Waals surface area contributed by atoms with Gasteiger partial charge in [0.15, 0.2) is 11.7 Å². The van der Waals surface area contributed by atoms with E-state index in [0.717, 1.165) is 44.1 Å². The lowest BCUT2D eigenvalue weighted by Gasteiger charge is -2.32. The van der Waals surface area contributed by atoms with Gasteiger partial charge in [-0.15, -0.1) is 0 Å². The molecule has 1 aliphatic rings. The van der Waals surface area contributed by atoms with Crippen LogP contribution in [0.4, 0.5) is 0 Å². The fourth-order valence-corrected chi connectivity index (χ4v) is 3.12. The average Bonchev–Trinajstić information content (AvgIpc) is 3.17. The van der Waals surface area contributed by atoms with Crippen molar-refractivity contribution in [2.45, 2.75) is 32.0 Å². The lowest BCUT2D eigenvalue weighted by Crippen LogP contribution is -2.48. The summed E-state index contributed by atoms with van der Waals surface area (Å²) in [6, 6.07) is 9.71. The third-order valence-corrected chi connectivity index (χ3v) is 4.60. The number of carbonyl (C=O) groups excluding carboxylic acids is 1. The first-order valence-corrected chi connectivity index (χ1v) is 9.12. The van der Waals surface area contributed by atoms with E-state index in [1.54, 1.807) is 19.2 Å². The Labute approximate surface area is 158 Å². The number of hydrogen-bond acceptors (Lipinski definition) is 5. The quantitative estimate of drug-likeness (QED) is 0.519. The number of likely N-dealkylation sites (tertiary alicyclic amines) is 1. The van der Waals surface area contributed by atoms with Crippen LogP contribution >= 0.6 is 0 Å². The Morgan fingerprint density at radius 3 is 2.78 bits per heavy atom. The molecule has 3 rings (SSSR count). The number of pyridine rings is 1. The SMILES string of the molecule is CN=C(NCc1ccc(C(N)=O)o1)NC1CCN(Cc2ccccn2)CC1. The zero-order valence-electron chi connectivity index (χ0n) is 15.5. The maximum atomic E-state index is 11.1. The molecule has 8 heteroatoms. The van der Waals surface area contributed by atoms with Crippen LogP contribution in [0.3, 0.4) is 0 Å². The molecule has 144 valence electrons. The number of rotatable bonds is 6. The molecular formula is C19H26N6O2. The molecule has 0 spiro atoms. The van der Waals surface area contributed by atoms with Crippen LogP contribution in [-0.4, -0.2) is 47.9 Å². The van der Waals surface area contributed by atoms with Gasteiger partial charge in [0.25, 0.3) is 5.91 Å². The molecule has 1 saturated heterocycles. The molecule has 8 nitrogen and oxygen atoms in total. The number of nitrogens with two attached hydrogens (primary N) is 1. The van der Waals surface area contributed by atoms with Crippen molar-refractivity contribution < 1.29 is 9.21 Å². The van der Waals surface area contributed by atoms with E-state index in [-0.39, 0.29) is 5.76 Å². The fourth-order valence-electron chi connectivity index (χ4n) is 3.12. The molecule has 3 heterocycles. The molecule has 2 aromatic rings. The number of aliphatic imine (C=N–C) groups is 1. The average molecular weight is 370 g/mol. The van der Waals surface area contributed by atoms with Crippen molar-refractivity contribution in [3.8, 4) is 0 Å².